The minimum absolute atomic E-state index is 0.0251. The number of fused-ring (bicyclic) bond motifs is 1. The van der Waals surface area contributed by atoms with Crippen molar-refractivity contribution in [2.24, 2.45) is 10.7 Å². The van der Waals surface area contributed by atoms with E-state index < -0.39 is 29.8 Å². The molecule has 5 N–H and O–H groups in total. The number of ether oxygens (including phenoxy) is 1. The Labute approximate surface area is 234 Å². The molecule has 14 heteroatoms. The molecule has 2 aromatic carbocycles. The molecule has 0 aliphatic rings. The van der Waals surface area contributed by atoms with E-state index in [1.165, 1.54) is 48.5 Å². The van der Waals surface area contributed by atoms with Crippen molar-refractivity contribution in [1.29, 1.82) is 5.26 Å². The van der Waals surface area contributed by atoms with Gasteiger partial charge in [0.2, 0.25) is 5.96 Å². The van der Waals surface area contributed by atoms with Gasteiger partial charge in [0.25, 0.3) is 0 Å². The molecule has 0 fully saturated rings. The minimum atomic E-state index is -0.825. The summed E-state index contributed by atoms with van der Waals surface area (Å²) < 4.78 is 32.6. The molecule has 11 nitrogen and oxygen atoms in total. The van der Waals surface area contributed by atoms with E-state index in [4.69, 9.17) is 27.3 Å². The maximum Gasteiger partial charge on any atom is 0.412 e. The van der Waals surface area contributed by atoms with Crippen LogP contribution in [-0.4, -0.2) is 54.2 Å². The molecule has 1 aromatic heterocycles. The number of benzene rings is 2. The van der Waals surface area contributed by atoms with Gasteiger partial charge in [0.15, 0.2) is 6.19 Å². The lowest BCUT2D eigenvalue weighted by atomic mass is 10.1. The quantitative estimate of drug-likeness (QED) is 0.0936. The average Bonchev–Trinajstić information content (AvgIpc) is 2.92. The summed E-state index contributed by atoms with van der Waals surface area (Å²) in [5.41, 5.74) is 5.94. The Morgan fingerprint density at radius 3 is 2.83 bits per heavy atom. The van der Waals surface area contributed by atoms with Gasteiger partial charge in [-0.3, -0.25) is 15.6 Å². The van der Waals surface area contributed by atoms with E-state index in [9.17, 15) is 18.4 Å². The number of hydrogen-bond acceptors (Lipinski definition) is 6. The predicted molar refractivity (Wildman–Crippen MR) is 146 cm³/mol. The third kappa shape index (κ3) is 8.67. The van der Waals surface area contributed by atoms with Gasteiger partial charge in [-0.25, -0.2) is 23.4 Å². The smallest absolute Gasteiger partial charge is 0.412 e. The molecule has 0 unspecified atom stereocenters. The van der Waals surface area contributed by atoms with Gasteiger partial charge >= 0.3 is 12.1 Å². The molecule has 1 heterocycles. The van der Waals surface area contributed by atoms with Crippen molar-refractivity contribution in [3.8, 4) is 6.19 Å². The highest BCUT2D eigenvalue weighted by Crippen LogP contribution is 2.20. The highest BCUT2D eigenvalue weighted by atomic mass is 35.5. The number of likely N-dealkylation sites (N-methyl/N-ethyl adjacent to an activating group) is 1. The van der Waals surface area contributed by atoms with Crippen molar-refractivity contribution < 1.29 is 23.1 Å². The Bertz CT molecular complexity index is 1430. The van der Waals surface area contributed by atoms with Crippen molar-refractivity contribution >= 4 is 46.3 Å². The molecular weight excluding hydrogens is 546 g/mol. The van der Waals surface area contributed by atoms with E-state index in [0.29, 0.717) is 29.2 Å². The average molecular weight is 573 g/mol. The fourth-order valence-corrected chi connectivity index (χ4v) is 3.84. The van der Waals surface area contributed by atoms with Crippen LogP contribution >= 0.6 is 11.6 Å². The lowest BCUT2D eigenvalue weighted by Crippen LogP contribution is -2.46. The molecule has 0 spiro atoms. The lowest BCUT2D eigenvalue weighted by molar-refractivity contribution is 0.113. The number of urea groups is 1. The highest BCUT2D eigenvalue weighted by Gasteiger charge is 2.22. The summed E-state index contributed by atoms with van der Waals surface area (Å²) in [5.74, 6) is -0.913. The van der Waals surface area contributed by atoms with E-state index in [1.807, 2.05) is 0 Å². The van der Waals surface area contributed by atoms with Crippen molar-refractivity contribution in [3.63, 3.8) is 0 Å². The Hall–Kier alpha value is -4.70. The summed E-state index contributed by atoms with van der Waals surface area (Å²) >= 11 is 5.97. The first-order valence-corrected chi connectivity index (χ1v) is 12.4. The monoisotopic (exact) mass is 572 g/mol. The molecule has 40 heavy (non-hydrogen) atoms. The summed E-state index contributed by atoms with van der Waals surface area (Å²) in [6.07, 6.45) is 3.12. The first-order chi connectivity index (χ1) is 19.2. The number of amides is 3. The van der Waals surface area contributed by atoms with Crippen LogP contribution in [0.4, 0.5) is 24.2 Å². The molecule has 1 atom stereocenters. The second-order valence-electron chi connectivity index (χ2n) is 8.57. The van der Waals surface area contributed by atoms with Crippen LogP contribution in [0.1, 0.15) is 18.4 Å². The molecule has 3 rings (SSSR count). The molecule has 210 valence electrons. The van der Waals surface area contributed by atoms with Gasteiger partial charge in [-0.1, -0.05) is 23.7 Å². The second-order valence-corrected chi connectivity index (χ2v) is 8.94. The Morgan fingerprint density at radius 1 is 1.25 bits per heavy atom. The van der Waals surface area contributed by atoms with Crippen molar-refractivity contribution in [2.45, 2.75) is 25.4 Å². The number of anilines is 1. The molecule has 0 radical (unpaired) electrons. The van der Waals surface area contributed by atoms with Crippen LogP contribution in [0.3, 0.4) is 0 Å². The standard InChI is InChI=1S/C26H27ClF2N8O3/c1-37(25(38)34-13-17-4-2-6-21(29)23(17)27)20(5-3-9-32-24(31)35-15-30)14-40-26(39)36-22-11-18-10-19(28)8-7-16(18)12-33-22/h2,4,6-8,10-12,20H,3,5,9,13-14H2,1H3,(H,34,38)(H3,31,32,35)(H,33,36,39)/t20-/m0/s1. The van der Waals surface area contributed by atoms with Crippen molar-refractivity contribution in [1.82, 2.24) is 20.5 Å². The molecule has 0 aliphatic carbocycles. The normalized spacial score (nSPS) is 11.8. The number of nitrogens with zero attached hydrogens (tertiary/aromatic N) is 4. The molecule has 0 aliphatic heterocycles. The van der Waals surface area contributed by atoms with E-state index in [2.05, 4.69) is 25.9 Å². The van der Waals surface area contributed by atoms with Gasteiger partial charge in [-0.05, 0) is 54.1 Å². The number of halogens is 3. The number of carbonyl (C=O) groups is 2. The molecule has 3 aromatic rings. The highest BCUT2D eigenvalue weighted by molar-refractivity contribution is 6.31. The van der Waals surface area contributed by atoms with E-state index in [-0.39, 0.29) is 36.5 Å². The zero-order valence-electron chi connectivity index (χ0n) is 21.5. The first kappa shape index (κ1) is 29.9. The predicted octanol–water partition coefficient (Wildman–Crippen LogP) is 4.09. The van der Waals surface area contributed by atoms with Gasteiger partial charge < -0.3 is 20.7 Å². The van der Waals surface area contributed by atoms with Gasteiger partial charge in [-0.15, -0.1) is 0 Å². The zero-order valence-corrected chi connectivity index (χ0v) is 22.2. The molecule has 0 bridgehead atoms. The van der Waals surface area contributed by atoms with Crippen LogP contribution in [0.25, 0.3) is 10.8 Å². The fraction of sp³-hybridized carbons (Fsp3) is 0.269. The minimum Gasteiger partial charge on any atom is -0.447 e. The summed E-state index contributed by atoms with van der Waals surface area (Å²) in [6, 6.07) is 8.88. The number of aromatic nitrogens is 1. The topological polar surface area (TPSA) is 158 Å². The molecule has 0 saturated heterocycles. The number of guanidine groups is 1. The van der Waals surface area contributed by atoms with Crippen LogP contribution in [0.2, 0.25) is 5.02 Å². The zero-order chi connectivity index (χ0) is 29.1. The number of carbonyl (C=O) groups excluding carboxylic acids is 2. The molecular formula is C26H27ClF2N8O3. The third-order valence-corrected chi connectivity index (χ3v) is 6.24. The number of pyridine rings is 1. The van der Waals surface area contributed by atoms with Crippen LogP contribution < -0.4 is 21.7 Å². The number of hydrogen-bond donors (Lipinski definition) is 4. The SMILES string of the molecule is CN(C(=O)NCc1cccc(F)c1Cl)[C@@H](CCCN=C(N)NC#N)COC(=O)Nc1cc2cc(F)ccc2cn1. The van der Waals surface area contributed by atoms with Gasteiger partial charge in [0.05, 0.1) is 11.1 Å². The van der Waals surface area contributed by atoms with Gasteiger partial charge in [-0.2, -0.15) is 5.26 Å². The number of nitrogens with two attached hydrogens (primary N) is 1. The summed E-state index contributed by atoms with van der Waals surface area (Å²) in [4.78, 5) is 34.8. The largest absolute Gasteiger partial charge is 0.447 e. The number of nitrogens with one attached hydrogen (secondary N) is 3. The van der Waals surface area contributed by atoms with Crippen molar-refractivity contribution in [2.75, 3.05) is 25.5 Å². The summed E-state index contributed by atoms with van der Waals surface area (Å²) in [5, 5.41) is 17.1. The fourth-order valence-electron chi connectivity index (χ4n) is 3.65. The first-order valence-electron chi connectivity index (χ1n) is 12.1. The van der Waals surface area contributed by atoms with Gasteiger partial charge in [0.1, 0.15) is 24.1 Å². The number of nitriles is 1. The van der Waals surface area contributed by atoms with Crippen LogP contribution in [-0.2, 0) is 11.3 Å². The van der Waals surface area contributed by atoms with Crippen molar-refractivity contribution in [3.05, 3.63) is 70.9 Å². The third-order valence-electron chi connectivity index (χ3n) is 5.81. The Kier molecular flexibility index (Phi) is 10.8. The molecule has 0 saturated carbocycles. The number of rotatable bonds is 10. The summed E-state index contributed by atoms with van der Waals surface area (Å²) in [6.45, 7) is 0.0339. The van der Waals surface area contributed by atoms with Crippen LogP contribution in [0.15, 0.2) is 53.7 Å². The second kappa shape index (κ2) is 14.5. The van der Waals surface area contributed by atoms with E-state index in [0.717, 1.165) is 0 Å². The maximum atomic E-state index is 13.7. The maximum absolute atomic E-state index is 13.7. The van der Waals surface area contributed by atoms with E-state index in [1.54, 1.807) is 18.3 Å². The Morgan fingerprint density at radius 2 is 2.05 bits per heavy atom. The Balaban J connectivity index is 1.62. The van der Waals surface area contributed by atoms with Crippen LogP contribution in [0, 0.1) is 23.1 Å². The summed E-state index contributed by atoms with van der Waals surface area (Å²) in [7, 11) is 1.52. The van der Waals surface area contributed by atoms with Gasteiger partial charge in [0, 0.05) is 31.7 Å². The molecule has 3 amide bonds. The van der Waals surface area contributed by atoms with Crippen LogP contribution in [0.5, 0.6) is 0 Å². The van der Waals surface area contributed by atoms with E-state index >= 15 is 0 Å². The number of aliphatic imine (C=N–C) groups is 1. The lowest BCUT2D eigenvalue weighted by Gasteiger charge is -2.28.